The second-order valence-electron chi connectivity index (χ2n) is 11.2. The third-order valence-electron chi connectivity index (χ3n) is 9.19. The van der Waals surface area contributed by atoms with Crippen molar-refractivity contribution in [2.75, 3.05) is 0 Å². The highest BCUT2D eigenvalue weighted by molar-refractivity contribution is 6.36. The van der Waals surface area contributed by atoms with Crippen LogP contribution in [0.5, 0.6) is 0 Å². The van der Waals surface area contributed by atoms with E-state index in [0.717, 1.165) is 97.0 Å². The van der Waals surface area contributed by atoms with Crippen molar-refractivity contribution in [2.24, 2.45) is 15.0 Å². The molecule has 0 unspecified atom stereocenters. The van der Waals surface area contributed by atoms with E-state index in [9.17, 15) is 5.11 Å². The summed E-state index contributed by atoms with van der Waals surface area (Å²) in [6.45, 7) is 17.7. The van der Waals surface area contributed by atoms with E-state index in [1.165, 1.54) is 50.8 Å². The molecule has 0 aromatic carbocycles. The number of aromatic nitrogens is 1. The van der Waals surface area contributed by atoms with Gasteiger partial charge in [0.25, 0.3) is 0 Å². The predicted molar refractivity (Wildman–Crippen MR) is 179 cm³/mol. The molecule has 5 nitrogen and oxygen atoms in total. The number of nitrogens with one attached hydrogen (secondary N) is 1. The van der Waals surface area contributed by atoms with Crippen LogP contribution in [-0.2, 0) is 12.8 Å². The molecule has 4 aliphatic rings. The fourth-order valence-electron chi connectivity index (χ4n) is 7.26. The quantitative estimate of drug-likeness (QED) is 0.304. The molecule has 0 amide bonds. The summed E-state index contributed by atoms with van der Waals surface area (Å²) in [6.07, 6.45) is 15.0. The molecule has 8 bridgehead atoms. The number of aromatic amines is 1. The maximum Gasteiger partial charge on any atom is 0.0907 e. The first kappa shape index (κ1) is 29.8. The average Bonchev–Trinajstić information content (AvgIpc) is 3.72. The van der Waals surface area contributed by atoms with Crippen molar-refractivity contribution >= 4 is 29.3 Å². The monoisotopic (exact) mass is 562 g/mol. The molecule has 0 saturated carbocycles. The van der Waals surface area contributed by atoms with Gasteiger partial charge < -0.3 is 10.1 Å². The third kappa shape index (κ3) is 4.67. The molecule has 42 heavy (non-hydrogen) atoms. The van der Waals surface area contributed by atoms with Crippen molar-refractivity contribution in [2.45, 2.75) is 107 Å². The molecule has 0 radical (unpaired) electrons. The molecule has 0 aliphatic carbocycles. The Morgan fingerprint density at radius 2 is 0.929 bits per heavy atom. The lowest BCUT2D eigenvalue weighted by molar-refractivity contribution is 0.472. The van der Waals surface area contributed by atoms with Crippen LogP contribution in [0.4, 0.5) is 0 Å². The zero-order chi connectivity index (χ0) is 30.1. The number of aliphatic imine (C=N–C) groups is 3. The van der Waals surface area contributed by atoms with E-state index in [2.05, 4.69) is 78.6 Å². The SMILES string of the molecule is CCC1=C(CC)C2=NC1=Cc1[nH]c(c(CC)c1CC)C=C1N=C(C(CC)=C1CC)/C(=C\O)C1=NC(=C2)C(CC)=C1CC. The van der Waals surface area contributed by atoms with Crippen LogP contribution in [0.2, 0.25) is 0 Å². The van der Waals surface area contributed by atoms with E-state index in [0.29, 0.717) is 5.57 Å². The Balaban J connectivity index is 1.90. The highest BCUT2D eigenvalue weighted by Crippen LogP contribution is 2.41. The summed E-state index contributed by atoms with van der Waals surface area (Å²) in [5.74, 6) is 0. The van der Waals surface area contributed by atoms with E-state index < -0.39 is 0 Å². The Bertz CT molecular complexity index is 1640. The molecule has 5 rings (SSSR count). The zero-order valence-electron chi connectivity index (χ0n) is 26.8. The predicted octanol–water partition coefficient (Wildman–Crippen LogP) is 9.87. The summed E-state index contributed by atoms with van der Waals surface area (Å²) in [5.41, 5.74) is 18.8. The zero-order valence-corrected chi connectivity index (χ0v) is 26.8. The number of fused-ring (bicyclic) bond motifs is 5. The summed E-state index contributed by atoms with van der Waals surface area (Å²) >= 11 is 0. The standard InChI is InChI=1S/C37H46N4O/c1-9-21-23(11-3)32-18-34-25(13-5)27(15-7)36(40-34)29(20-42)37-28(16-8)26(14-6)35(41-37)19-33-24(12-4)22(10-2)31(39-33)17-30(21)38-32/h17-20,38,42H,9-16H2,1-8H3/b29-20+,31-17?,34-18?,35-19?. The van der Waals surface area contributed by atoms with Crippen molar-refractivity contribution in [3.63, 3.8) is 0 Å². The number of aliphatic hydroxyl groups is 1. The molecule has 1 aromatic heterocycles. The van der Waals surface area contributed by atoms with Gasteiger partial charge in [0, 0.05) is 11.4 Å². The van der Waals surface area contributed by atoms with Crippen LogP contribution in [0.25, 0.3) is 12.2 Å². The van der Waals surface area contributed by atoms with Gasteiger partial charge >= 0.3 is 0 Å². The first-order valence-electron chi connectivity index (χ1n) is 16.1. The summed E-state index contributed by atoms with van der Waals surface area (Å²) in [4.78, 5) is 19.5. The highest BCUT2D eigenvalue weighted by atomic mass is 16.2. The van der Waals surface area contributed by atoms with Gasteiger partial charge in [-0.25, -0.2) is 15.0 Å². The summed E-state index contributed by atoms with van der Waals surface area (Å²) in [6, 6.07) is 0. The number of nitrogens with zero attached hydrogens (tertiary/aromatic N) is 3. The minimum atomic E-state index is 0.714. The highest BCUT2D eigenvalue weighted by Gasteiger charge is 2.33. The average molecular weight is 563 g/mol. The van der Waals surface area contributed by atoms with E-state index in [1.54, 1.807) is 0 Å². The lowest BCUT2D eigenvalue weighted by Crippen LogP contribution is -2.15. The van der Waals surface area contributed by atoms with Gasteiger partial charge in [-0.05, 0) is 114 Å². The number of aliphatic hydroxyl groups excluding tert-OH is 1. The number of hydrogen-bond donors (Lipinski definition) is 2. The maximum atomic E-state index is 10.8. The van der Waals surface area contributed by atoms with E-state index >= 15 is 0 Å². The molecule has 5 heterocycles. The fourth-order valence-corrected chi connectivity index (χ4v) is 7.26. The minimum Gasteiger partial charge on any atom is -0.515 e. The van der Waals surface area contributed by atoms with E-state index in [4.69, 9.17) is 15.0 Å². The van der Waals surface area contributed by atoms with Crippen molar-refractivity contribution < 1.29 is 5.11 Å². The van der Waals surface area contributed by atoms with E-state index in [1.807, 2.05) is 0 Å². The molecular weight excluding hydrogens is 516 g/mol. The van der Waals surface area contributed by atoms with Gasteiger partial charge in [0.1, 0.15) is 0 Å². The molecule has 0 saturated heterocycles. The van der Waals surface area contributed by atoms with Gasteiger partial charge in [0.05, 0.1) is 46.1 Å². The fraction of sp³-hybridized carbons (Fsp3) is 0.432. The van der Waals surface area contributed by atoms with Crippen LogP contribution in [0.15, 0.2) is 83.4 Å². The first-order chi connectivity index (χ1) is 20.4. The number of allylic oxidation sites excluding steroid dienone is 8. The van der Waals surface area contributed by atoms with Gasteiger partial charge in [-0.15, -0.1) is 0 Å². The lowest BCUT2D eigenvalue weighted by Gasteiger charge is -2.12. The van der Waals surface area contributed by atoms with Crippen LogP contribution in [-0.4, -0.2) is 27.2 Å². The van der Waals surface area contributed by atoms with Crippen LogP contribution >= 0.6 is 0 Å². The van der Waals surface area contributed by atoms with Crippen LogP contribution < -0.4 is 0 Å². The largest absolute Gasteiger partial charge is 0.515 e. The molecule has 5 heteroatoms. The van der Waals surface area contributed by atoms with Crippen LogP contribution in [0.3, 0.4) is 0 Å². The van der Waals surface area contributed by atoms with Crippen molar-refractivity contribution in [1.29, 1.82) is 0 Å². The van der Waals surface area contributed by atoms with Gasteiger partial charge in [-0.2, -0.15) is 0 Å². The molecule has 4 aliphatic heterocycles. The van der Waals surface area contributed by atoms with Gasteiger partial charge in [0.2, 0.25) is 0 Å². The lowest BCUT2D eigenvalue weighted by atomic mass is 9.89. The first-order valence-corrected chi connectivity index (χ1v) is 16.1. The molecule has 0 atom stereocenters. The Labute approximate surface area is 251 Å². The molecule has 1 aromatic rings. The summed E-state index contributed by atoms with van der Waals surface area (Å²) in [5, 5.41) is 10.8. The minimum absolute atomic E-state index is 0.714. The molecule has 220 valence electrons. The topological polar surface area (TPSA) is 73.1 Å². The van der Waals surface area contributed by atoms with Crippen molar-refractivity contribution in [1.82, 2.24) is 4.98 Å². The molecule has 0 fully saturated rings. The third-order valence-corrected chi connectivity index (χ3v) is 9.19. The molecule has 2 N–H and O–H groups in total. The van der Waals surface area contributed by atoms with Crippen molar-refractivity contribution in [3.05, 3.63) is 91.0 Å². The molecular formula is C37H46N4O. The summed E-state index contributed by atoms with van der Waals surface area (Å²) in [7, 11) is 0. The number of hydrogen-bond acceptors (Lipinski definition) is 4. The van der Waals surface area contributed by atoms with Crippen molar-refractivity contribution in [3.8, 4) is 0 Å². The van der Waals surface area contributed by atoms with Gasteiger partial charge in [-0.1, -0.05) is 55.4 Å². The normalized spacial score (nSPS) is 19.5. The molecule has 0 spiro atoms. The number of rotatable bonds is 8. The second-order valence-corrected chi connectivity index (χ2v) is 11.2. The Hall–Kier alpha value is -3.73. The van der Waals surface area contributed by atoms with E-state index in [-0.39, 0.29) is 0 Å². The Morgan fingerprint density at radius 3 is 1.33 bits per heavy atom. The van der Waals surface area contributed by atoms with Gasteiger partial charge in [0.15, 0.2) is 0 Å². The Kier molecular flexibility index (Phi) is 8.68. The second kappa shape index (κ2) is 12.2. The smallest absolute Gasteiger partial charge is 0.0907 e. The number of H-pyrrole nitrogens is 1. The summed E-state index contributed by atoms with van der Waals surface area (Å²) < 4.78 is 0. The Morgan fingerprint density at radius 1 is 0.524 bits per heavy atom. The van der Waals surface area contributed by atoms with Crippen LogP contribution in [0, 0.1) is 0 Å². The van der Waals surface area contributed by atoms with Gasteiger partial charge in [-0.3, -0.25) is 0 Å². The van der Waals surface area contributed by atoms with Crippen LogP contribution in [0.1, 0.15) is 116 Å². The maximum absolute atomic E-state index is 10.8.